The first-order valence-electron chi connectivity index (χ1n) is 8.54. The second-order valence-electron chi connectivity index (χ2n) is 5.87. The third-order valence-corrected chi connectivity index (χ3v) is 4.08. The van der Waals surface area contributed by atoms with Crippen LogP contribution in [0.1, 0.15) is 86.7 Å². The van der Waals surface area contributed by atoms with Gasteiger partial charge in [-0.05, 0) is 42.9 Å². The van der Waals surface area contributed by atoms with Gasteiger partial charge in [-0.2, -0.15) is 0 Å². The van der Waals surface area contributed by atoms with Gasteiger partial charge in [0.2, 0.25) is 0 Å². The van der Waals surface area contributed by atoms with Gasteiger partial charge in [0.25, 0.3) is 0 Å². The van der Waals surface area contributed by atoms with Gasteiger partial charge in [0.1, 0.15) is 0 Å². The minimum Gasteiger partial charge on any atom is -0.478 e. The highest BCUT2D eigenvalue weighted by Crippen LogP contribution is 2.21. The summed E-state index contributed by atoms with van der Waals surface area (Å²) < 4.78 is 0. The van der Waals surface area contributed by atoms with Crippen molar-refractivity contribution < 1.29 is 9.90 Å². The summed E-state index contributed by atoms with van der Waals surface area (Å²) in [6, 6.07) is 5.77. The topological polar surface area (TPSA) is 37.3 Å². The number of unbranched alkanes of at least 4 members (excludes halogenated alkanes) is 6. The fourth-order valence-electron chi connectivity index (χ4n) is 2.84. The van der Waals surface area contributed by atoms with Crippen molar-refractivity contribution in [1.29, 1.82) is 0 Å². The molecule has 0 heterocycles. The first-order valence-corrected chi connectivity index (χ1v) is 8.54. The monoisotopic (exact) mass is 290 g/mol. The van der Waals surface area contributed by atoms with E-state index in [4.69, 9.17) is 0 Å². The minimum absolute atomic E-state index is 0.513. The van der Waals surface area contributed by atoms with Crippen LogP contribution < -0.4 is 0 Å². The van der Waals surface area contributed by atoms with Gasteiger partial charge >= 0.3 is 5.97 Å². The van der Waals surface area contributed by atoms with Crippen LogP contribution in [0.5, 0.6) is 0 Å². The van der Waals surface area contributed by atoms with Crippen LogP contribution in [0.2, 0.25) is 0 Å². The SMILES string of the molecule is CCCCCCc1cccc(C(=O)O)c1CCCCCC. The van der Waals surface area contributed by atoms with Crippen molar-refractivity contribution in [3.8, 4) is 0 Å². The number of carboxylic acid groups (broad SMARTS) is 1. The molecule has 0 saturated carbocycles. The Kier molecular flexibility index (Phi) is 8.80. The molecule has 0 fully saturated rings. The third-order valence-electron chi connectivity index (χ3n) is 4.08. The lowest BCUT2D eigenvalue weighted by molar-refractivity contribution is 0.0695. The van der Waals surface area contributed by atoms with Gasteiger partial charge in [0.15, 0.2) is 0 Å². The highest BCUT2D eigenvalue weighted by Gasteiger charge is 2.13. The Morgan fingerprint density at radius 1 is 0.905 bits per heavy atom. The molecule has 0 unspecified atom stereocenters. The molecular formula is C19H30O2. The van der Waals surface area contributed by atoms with E-state index >= 15 is 0 Å². The van der Waals surface area contributed by atoms with Crippen molar-refractivity contribution >= 4 is 5.97 Å². The Balaban J connectivity index is 2.74. The number of carbonyl (C=O) groups is 1. The summed E-state index contributed by atoms with van der Waals surface area (Å²) in [5.74, 6) is -0.782. The number of aryl methyl sites for hydroxylation is 1. The molecule has 1 aromatic carbocycles. The van der Waals surface area contributed by atoms with Gasteiger partial charge in [-0.15, -0.1) is 0 Å². The van der Waals surface area contributed by atoms with Crippen LogP contribution in [-0.2, 0) is 12.8 Å². The van der Waals surface area contributed by atoms with E-state index < -0.39 is 5.97 Å². The summed E-state index contributed by atoms with van der Waals surface area (Å²) in [6.45, 7) is 4.41. The number of hydrogen-bond donors (Lipinski definition) is 1. The highest BCUT2D eigenvalue weighted by atomic mass is 16.4. The molecule has 2 heteroatoms. The van der Waals surface area contributed by atoms with Crippen molar-refractivity contribution in [1.82, 2.24) is 0 Å². The van der Waals surface area contributed by atoms with Gasteiger partial charge in [-0.25, -0.2) is 4.79 Å². The van der Waals surface area contributed by atoms with E-state index in [1.807, 2.05) is 6.07 Å². The lowest BCUT2D eigenvalue weighted by Crippen LogP contribution is -2.06. The molecule has 0 aliphatic rings. The van der Waals surface area contributed by atoms with Gasteiger partial charge in [-0.1, -0.05) is 64.5 Å². The van der Waals surface area contributed by atoms with E-state index in [9.17, 15) is 9.90 Å². The van der Waals surface area contributed by atoms with Crippen molar-refractivity contribution in [3.05, 3.63) is 34.9 Å². The van der Waals surface area contributed by atoms with Gasteiger partial charge < -0.3 is 5.11 Å². The van der Waals surface area contributed by atoms with E-state index in [0.29, 0.717) is 5.56 Å². The molecule has 0 amide bonds. The number of hydrogen-bond acceptors (Lipinski definition) is 1. The van der Waals surface area contributed by atoms with Crippen LogP contribution in [0, 0.1) is 0 Å². The molecule has 21 heavy (non-hydrogen) atoms. The molecule has 0 aliphatic heterocycles. The summed E-state index contributed by atoms with van der Waals surface area (Å²) in [5, 5.41) is 9.40. The smallest absolute Gasteiger partial charge is 0.335 e. The Bertz CT molecular complexity index is 424. The molecule has 0 saturated heterocycles. The first kappa shape index (κ1) is 17.7. The molecule has 118 valence electrons. The number of carboxylic acids is 1. The minimum atomic E-state index is -0.782. The Labute approximate surface area is 129 Å². The predicted molar refractivity (Wildman–Crippen MR) is 89.1 cm³/mol. The average molecular weight is 290 g/mol. The molecule has 2 nitrogen and oxygen atoms in total. The highest BCUT2D eigenvalue weighted by molar-refractivity contribution is 5.89. The van der Waals surface area contributed by atoms with Crippen molar-refractivity contribution in [3.63, 3.8) is 0 Å². The lowest BCUT2D eigenvalue weighted by atomic mass is 9.92. The Morgan fingerprint density at radius 3 is 2.10 bits per heavy atom. The predicted octanol–water partition coefficient (Wildman–Crippen LogP) is 5.63. The van der Waals surface area contributed by atoms with Gasteiger partial charge in [-0.3, -0.25) is 0 Å². The molecular weight excluding hydrogens is 260 g/mol. The number of aromatic carboxylic acids is 1. The van der Waals surface area contributed by atoms with Crippen molar-refractivity contribution in [2.75, 3.05) is 0 Å². The fourth-order valence-corrected chi connectivity index (χ4v) is 2.84. The fraction of sp³-hybridized carbons (Fsp3) is 0.632. The van der Waals surface area contributed by atoms with Crippen LogP contribution in [0.15, 0.2) is 18.2 Å². The zero-order chi connectivity index (χ0) is 15.5. The maximum absolute atomic E-state index is 11.4. The van der Waals surface area contributed by atoms with Crippen LogP contribution >= 0.6 is 0 Å². The summed E-state index contributed by atoms with van der Waals surface area (Å²) in [7, 11) is 0. The Morgan fingerprint density at radius 2 is 1.52 bits per heavy atom. The third kappa shape index (κ3) is 6.33. The van der Waals surface area contributed by atoms with E-state index in [-0.39, 0.29) is 0 Å². The zero-order valence-corrected chi connectivity index (χ0v) is 13.7. The molecule has 0 aromatic heterocycles. The summed E-state index contributed by atoms with van der Waals surface area (Å²) in [6.07, 6.45) is 11.6. The van der Waals surface area contributed by atoms with Crippen LogP contribution in [0.25, 0.3) is 0 Å². The maximum atomic E-state index is 11.4. The van der Waals surface area contributed by atoms with Gasteiger partial charge in [0.05, 0.1) is 5.56 Å². The second kappa shape index (κ2) is 10.4. The zero-order valence-electron chi connectivity index (χ0n) is 13.7. The number of rotatable bonds is 11. The van der Waals surface area contributed by atoms with E-state index in [2.05, 4.69) is 19.9 Å². The molecule has 1 aromatic rings. The molecule has 0 aliphatic carbocycles. The quantitative estimate of drug-likeness (QED) is 0.536. The number of benzene rings is 1. The van der Waals surface area contributed by atoms with Crippen LogP contribution in [-0.4, -0.2) is 11.1 Å². The van der Waals surface area contributed by atoms with Crippen LogP contribution in [0.4, 0.5) is 0 Å². The van der Waals surface area contributed by atoms with Crippen molar-refractivity contribution in [2.45, 2.75) is 78.1 Å². The van der Waals surface area contributed by atoms with E-state index in [0.717, 1.165) is 24.8 Å². The Hall–Kier alpha value is -1.31. The molecule has 1 rings (SSSR count). The first-order chi connectivity index (χ1) is 10.2. The lowest BCUT2D eigenvalue weighted by Gasteiger charge is -2.13. The molecule has 1 N–H and O–H groups in total. The van der Waals surface area contributed by atoms with E-state index in [1.165, 1.54) is 50.5 Å². The molecule has 0 spiro atoms. The summed E-state index contributed by atoms with van der Waals surface area (Å²) >= 11 is 0. The van der Waals surface area contributed by atoms with Gasteiger partial charge in [0, 0.05) is 0 Å². The normalized spacial score (nSPS) is 10.8. The largest absolute Gasteiger partial charge is 0.478 e. The summed E-state index contributed by atoms with van der Waals surface area (Å²) in [5.41, 5.74) is 2.85. The second-order valence-corrected chi connectivity index (χ2v) is 5.87. The summed E-state index contributed by atoms with van der Waals surface area (Å²) in [4.78, 5) is 11.4. The average Bonchev–Trinajstić information content (AvgIpc) is 2.48. The molecule has 0 radical (unpaired) electrons. The van der Waals surface area contributed by atoms with Crippen molar-refractivity contribution in [2.24, 2.45) is 0 Å². The molecule has 0 atom stereocenters. The van der Waals surface area contributed by atoms with Crippen LogP contribution in [0.3, 0.4) is 0 Å². The molecule has 0 bridgehead atoms. The standard InChI is InChI=1S/C19H30O2/c1-3-5-7-9-12-16-13-11-15-18(19(20)21)17(16)14-10-8-6-4-2/h11,13,15H,3-10,12,14H2,1-2H3,(H,20,21). The maximum Gasteiger partial charge on any atom is 0.335 e. The van der Waals surface area contributed by atoms with E-state index in [1.54, 1.807) is 6.07 Å².